The summed E-state index contributed by atoms with van der Waals surface area (Å²) in [6.45, 7) is 0.364. The third-order valence-electron chi connectivity index (χ3n) is 4.24. The molecular formula is C20H14ClF3N4O2S2. The number of halogens is 4. The lowest BCUT2D eigenvalue weighted by Crippen LogP contribution is -2.16. The van der Waals surface area contributed by atoms with E-state index in [-0.39, 0.29) is 11.4 Å². The normalized spacial score (nSPS) is 11.6. The monoisotopic (exact) mass is 498 g/mol. The standard InChI is InChI=1S/C20H14ClF3N4O2S2/c21-15-6-5-12(9-14(15)20(22,23)24)25-17(29)11-32-19-27-26-18(16-4-2-8-31-16)28(19)10-13-3-1-7-30-13/h1-9H,10-11H2,(H,25,29). The number of carbonyl (C=O) groups excluding carboxylic acids is 1. The predicted octanol–water partition coefficient (Wildman–Crippen LogP) is 6.05. The van der Waals surface area contributed by atoms with Crippen molar-refractivity contribution < 1.29 is 22.4 Å². The second-order valence-corrected chi connectivity index (χ2v) is 8.78. The molecule has 166 valence electrons. The van der Waals surface area contributed by atoms with E-state index in [1.54, 1.807) is 12.3 Å². The van der Waals surface area contributed by atoms with Crippen molar-refractivity contribution in [1.82, 2.24) is 14.8 Å². The maximum absolute atomic E-state index is 13.0. The Morgan fingerprint density at radius 2 is 2.06 bits per heavy atom. The quantitative estimate of drug-likeness (QED) is 0.314. The van der Waals surface area contributed by atoms with Crippen LogP contribution in [0.2, 0.25) is 5.02 Å². The Morgan fingerprint density at radius 1 is 1.22 bits per heavy atom. The highest BCUT2D eigenvalue weighted by atomic mass is 35.5. The van der Waals surface area contributed by atoms with Gasteiger partial charge in [0.2, 0.25) is 5.91 Å². The van der Waals surface area contributed by atoms with Crippen LogP contribution in [0.5, 0.6) is 0 Å². The van der Waals surface area contributed by atoms with Gasteiger partial charge >= 0.3 is 6.18 Å². The summed E-state index contributed by atoms with van der Waals surface area (Å²) < 4.78 is 46.3. The summed E-state index contributed by atoms with van der Waals surface area (Å²) in [6, 6.07) is 10.6. The first kappa shape index (κ1) is 22.4. The number of thioether (sulfide) groups is 1. The van der Waals surface area contributed by atoms with Gasteiger partial charge in [0.15, 0.2) is 11.0 Å². The van der Waals surface area contributed by atoms with E-state index in [1.165, 1.54) is 17.4 Å². The Labute approximate surface area is 193 Å². The second-order valence-electron chi connectivity index (χ2n) is 6.48. The van der Waals surface area contributed by atoms with Crippen molar-refractivity contribution in [3.05, 3.63) is 70.5 Å². The van der Waals surface area contributed by atoms with Gasteiger partial charge in [0.25, 0.3) is 0 Å². The van der Waals surface area contributed by atoms with Crippen molar-refractivity contribution in [3.8, 4) is 10.7 Å². The highest BCUT2D eigenvalue weighted by molar-refractivity contribution is 7.99. The van der Waals surface area contributed by atoms with Crippen molar-refractivity contribution in [3.63, 3.8) is 0 Å². The zero-order valence-electron chi connectivity index (χ0n) is 16.1. The van der Waals surface area contributed by atoms with Gasteiger partial charge in [-0.3, -0.25) is 9.36 Å². The molecule has 0 radical (unpaired) electrons. The number of rotatable bonds is 7. The Hall–Kier alpha value is -2.76. The number of nitrogens with zero attached hydrogens (tertiary/aromatic N) is 3. The van der Waals surface area contributed by atoms with E-state index >= 15 is 0 Å². The molecule has 4 rings (SSSR count). The number of hydrogen-bond acceptors (Lipinski definition) is 6. The number of amides is 1. The molecule has 0 unspecified atom stereocenters. The van der Waals surface area contributed by atoms with Gasteiger partial charge in [0.1, 0.15) is 5.76 Å². The molecule has 0 saturated heterocycles. The van der Waals surface area contributed by atoms with Gasteiger partial charge in [-0.1, -0.05) is 29.4 Å². The molecule has 1 aromatic carbocycles. The Kier molecular flexibility index (Phi) is 6.58. The summed E-state index contributed by atoms with van der Waals surface area (Å²) >= 11 is 8.24. The molecule has 0 fully saturated rings. The first-order valence-electron chi connectivity index (χ1n) is 9.10. The van der Waals surface area contributed by atoms with Crippen LogP contribution >= 0.6 is 34.7 Å². The van der Waals surface area contributed by atoms with Crippen LogP contribution in [0.4, 0.5) is 18.9 Å². The fourth-order valence-corrected chi connectivity index (χ4v) is 4.51. The minimum absolute atomic E-state index is 0.00338. The summed E-state index contributed by atoms with van der Waals surface area (Å²) in [6.07, 6.45) is -3.06. The first-order chi connectivity index (χ1) is 15.3. The molecule has 3 aromatic heterocycles. The van der Waals surface area contributed by atoms with Gasteiger partial charge in [-0.2, -0.15) is 13.2 Å². The smallest absolute Gasteiger partial charge is 0.417 e. The number of anilines is 1. The molecule has 32 heavy (non-hydrogen) atoms. The lowest BCUT2D eigenvalue weighted by atomic mass is 10.2. The van der Waals surface area contributed by atoms with Gasteiger partial charge in [-0.05, 0) is 41.8 Å². The van der Waals surface area contributed by atoms with Crippen LogP contribution in [-0.4, -0.2) is 26.4 Å². The molecule has 12 heteroatoms. The van der Waals surface area contributed by atoms with E-state index in [0.717, 1.165) is 28.8 Å². The summed E-state index contributed by atoms with van der Waals surface area (Å²) in [4.78, 5) is 13.3. The second kappa shape index (κ2) is 9.39. The van der Waals surface area contributed by atoms with Crippen molar-refractivity contribution in [2.24, 2.45) is 0 Å². The van der Waals surface area contributed by atoms with E-state index in [4.69, 9.17) is 16.0 Å². The Bertz CT molecular complexity index is 1210. The van der Waals surface area contributed by atoms with Crippen molar-refractivity contribution in [1.29, 1.82) is 0 Å². The van der Waals surface area contributed by atoms with Crippen molar-refractivity contribution in [2.45, 2.75) is 17.9 Å². The van der Waals surface area contributed by atoms with Crippen LogP contribution in [0.3, 0.4) is 0 Å². The molecular weight excluding hydrogens is 485 g/mol. The molecule has 0 spiro atoms. The lowest BCUT2D eigenvalue weighted by Gasteiger charge is -2.12. The minimum Gasteiger partial charge on any atom is -0.467 e. The van der Waals surface area contributed by atoms with Gasteiger partial charge in [-0.25, -0.2) is 0 Å². The van der Waals surface area contributed by atoms with Gasteiger partial charge in [0.05, 0.1) is 34.0 Å². The maximum atomic E-state index is 13.0. The number of nitrogens with one attached hydrogen (secondary N) is 1. The molecule has 6 nitrogen and oxygen atoms in total. The van der Waals surface area contributed by atoms with Crippen molar-refractivity contribution in [2.75, 3.05) is 11.1 Å². The third-order valence-corrected chi connectivity index (χ3v) is 6.40. The summed E-state index contributed by atoms with van der Waals surface area (Å²) in [5.74, 6) is 0.752. The van der Waals surface area contributed by atoms with E-state index < -0.39 is 22.7 Å². The van der Waals surface area contributed by atoms with Crippen LogP contribution < -0.4 is 5.32 Å². The van der Waals surface area contributed by atoms with Gasteiger partial charge < -0.3 is 9.73 Å². The summed E-state index contributed by atoms with van der Waals surface area (Å²) in [5, 5.41) is 12.8. The van der Waals surface area contributed by atoms with E-state index in [1.807, 2.05) is 28.1 Å². The molecule has 3 heterocycles. The number of thiophene rings is 1. The molecule has 0 aliphatic carbocycles. The van der Waals surface area contributed by atoms with Crippen LogP contribution in [0.15, 0.2) is 63.7 Å². The van der Waals surface area contributed by atoms with Crippen LogP contribution in [0.1, 0.15) is 11.3 Å². The predicted molar refractivity (Wildman–Crippen MR) is 117 cm³/mol. The van der Waals surface area contributed by atoms with Crippen LogP contribution in [0, 0.1) is 0 Å². The molecule has 0 bridgehead atoms. The molecule has 0 aliphatic rings. The summed E-state index contributed by atoms with van der Waals surface area (Å²) in [5.41, 5.74) is -1.01. The van der Waals surface area contributed by atoms with Crippen LogP contribution in [-0.2, 0) is 17.5 Å². The van der Waals surface area contributed by atoms with Crippen molar-refractivity contribution >= 4 is 46.3 Å². The zero-order chi connectivity index (χ0) is 22.7. The number of furan rings is 1. The molecule has 0 saturated carbocycles. The van der Waals surface area contributed by atoms with E-state index in [2.05, 4.69) is 15.5 Å². The zero-order valence-corrected chi connectivity index (χ0v) is 18.5. The Balaban J connectivity index is 1.48. The molecule has 0 aliphatic heterocycles. The number of alkyl halides is 3. The SMILES string of the molecule is O=C(CSc1nnc(-c2cccs2)n1Cc1ccco1)Nc1ccc(Cl)c(C(F)(F)F)c1. The largest absolute Gasteiger partial charge is 0.467 e. The number of benzene rings is 1. The fraction of sp³-hybridized carbons (Fsp3) is 0.150. The number of aromatic nitrogens is 3. The summed E-state index contributed by atoms with van der Waals surface area (Å²) in [7, 11) is 0. The molecule has 1 N–H and O–H groups in total. The Morgan fingerprint density at radius 3 is 2.75 bits per heavy atom. The van der Waals surface area contributed by atoms with Gasteiger partial charge in [0, 0.05) is 5.69 Å². The highest BCUT2D eigenvalue weighted by Crippen LogP contribution is 2.36. The van der Waals surface area contributed by atoms with Gasteiger partial charge in [-0.15, -0.1) is 21.5 Å². The minimum atomic E-state index is -4.62. The lowest BCUT2D eigenvalue weighted by molar-refractivity contribution is -0.137. The number of hydrogen-bond donors (Lipinski definition) is 1. The third kappa shape index (κ3) is 5.17. The molecule has 4 aromatic rings. The first-order valence-corrected chi connectivity index (χ1v) is 11.3. The molecule has 1 amide bonds. The van der Waals surface area contributed by atoms with Crippen LogP contribution in [0.25, 0.3) is 10.7 Å². The maximum Gasteiger partial charge on any atom is 0.417 e. The molecule has 0 atom stereocenters. The van der Waals surface area contributed by atoms with E-state index in [9.17, 15) is 18.0 Å². The highest BCUT2D eigenvalue weighted by Gasteiger charge is 2.33. The number of carbonyl (C=O) groups is 1. The topological polar surface area (TPSA) is 73.0 Å². The fourth-order valence-electron chi connectivity index (χ4n) is 2.83. The van der Waals surface area contributed by atoms with E-state index in [0.29, 0.717) is 23.3 Å². The average molecular weight is 499 g/mol. The average Bonchev–Trinajstić information content (AvgIpc) is 3.49.